The molecule has 124 valence electrons. The third-order valence-corrected chi connectivity index (χ3v) is 10.5. The Morgan fingerprint density at radius 3 is 1.48 bits per heavy atom. The van der Waals surface area contributed by atoms with E-state index >= 15 is 0 Å². The van der Waals surface area contributed by atoms with Crippen LogP contribution in [0.15, 0.2) is 25.0 Å². The van der Waals surface area contributed by atoms with Gasteiger partial charge in [0.15, 0.2) is 16.6 Å². The van der Waals surface area contributed by atoms with E-state index < -0.39 is 16.6 Å². The molecule has 0 aromatic rings. The molecule has 0 fully saturated rings. The SMILES string of the molecule is C[Si](C)(CCCOC=CO)O[Si](C)(C)CCCOC=CO. The van der Waals surface area contributed by atoms with Crippen molar-refractivity contribution in [3.63, 3.8) is 0 Å². The smallest absolute Gasteiger partial charge is 0.173 e. The highest BCUT2D eigenvalue weighted by Crippen LogP contribution is 2.23. The van der Waals surface area contributed by atoms with Crippen molar-refractivity contribution in [1.82, 2.24) is 0 Å². The summed E-state index contributed by atoms with van der Waals surface area (Å²) in [7, 11) is -3.35. The van der Waals surface area contributed by atoms with Gasteiger partial charge in [0, 0.05) is 0 Å². The molecular weight excluding hydrogens is 304 g/mol. The summed E-state index contributed by atoms with van der Waals surface area (Å²) in [5.41, 5.74) is 0. The van der Waals surface area contributed by atoms with Crippen molar-refractivity contribution in [2.45, 2.75) is 51.1 Å². The lowest BCUT2D eigenvalue weighted by atomic mass is 10.5. The highest BCUT2D eigenvalue weighted by molar-refractivity contribution is 6.84. The summed E-state index contributed by atoms with van der Waals surface area (Å²) >= 11 is 0. The summed E-state index contributed by atoms with van der Waals surface area (Å²) in [6.45, 7) is 10.2. The maximum atomic E-state index is 8.47. The molecule has 0 atom stereocenters. The largest absolute Gasteiger partial charge is 0.512 e. The van der Waals surface area contributed by atoms with Crippen molar-refractivity contribution in [2.24, 2.45) is 0 Å². The summed E-state index contributed by atoms with van der Waals surface area (Å²) in [6.07, 6.45) is 6.30. The normalized spacial score (nSPS) is 13.1. The van der Waals surface area contributed by atoms with E-state index in [2.05, 4.69) is 26.2 Å². The highest BCUT2D eigenvalue weighted by Gasteiger charge is 2.32. The molecule has 0 aliphatic carbocycles. The van der Waals surface area contributed by atoms with E-state index in [9.17, 15) is 0 Å². The molecule has 7 heteroatoms. The average molecular weight is 335 g/mol. The van der Waals surface area contributed by atoms with Crippen LogP contribution in [0, 0.1) is 0 Å². The molecule has 0 rings (SSSR count). The fourth-order valence-corrected chi connectivity index (χ4v) is 11.0. The van der Waals surface area contributed by atoms with Gasteiger partial charge in [0.2, 0.25) is 0 Å². The minimum Gasteiger partial charge on any atom is -0.512 e. The fourth-order valence-electron chi connectivity index (χ4n) is 2.23. The van der Waals surface area contributed by atoms with E-state index in [4.69, 9.17) is 23.8 Å². The maximum absolute atomic E-state index is 8.47. The first-order chi connectivity index (χ1) is 9.83. The van der Waals surface area contributed by atoms with Crippen LogP contribution in [0.5, 0.6) is 0 Å². The van der Waals surface area contributed by atoms with Gasteiger partial charge in [0.1, 0.15) is 25.0 Å². The molecule has 0 spiro atoms. The minimum atomic E-state index is -1.67. The Morgan fingerprint density at radius 1 is 0.762 bits per heavy atom. The Kier molecular flexibility index (Phi) is 10.3. The first-order valence-corrected chi connectivity index (χ1v) is 13.6. The van der Waals surface area contributed by atoms with Crippen molar-refractivity contribution in [3.8, 4) is 0 Å². The average Bonchev–Trinajstić information content (AvgIpc) is 2.36. The molecule has 0 aromatic carbocycles. The van der Waals surface area contributed by atoms with Gasteiger partial charge in [-0.3, -0.25) is 0 Å². The van der Waals surface area contributed by atoms with Crippen LogP contribution in [0.1, 0.15) is 12.8 Å². The lowest BCUT2D eigenvalue weighted by molar-refractivity contribution is 0.236. The molecule has 0 unspecified atom stereocenters. The third-order valence-electron chi connectivity index (χ3n) is 2.95. The van der Waals surface area contributed by atoms with Gasteiger partial charge in [-0.2, -0.15) is 0 Å². The van der Waals surface area contributed by atoms with Crippen molar-refractivity contribution >= 4 is 16.6 Å². The van der Waals surface area contributed by atoms with E-state index in [1.807, 2.05) is 0 Å². The van der Waals surface area contributed by atoms with E-state index in [1.54, 1.807) is 0 Å². The summed E-state index contributed by atoms with van der Waals surface area (Å²) in [4.78, 5) is 0. The van der Waals surface area contributed by atoms with E-state index in [-0.39, 0.29) is 0 Å². The van der Waals surface area contributed by atoms with Crippen LogP contribution in [0.2, 0.25) is 38.3 Å². The van der Waals surface area contributed by atoms with Crippen molar-refractivity contribution in [1.29, 1.82) is 0 Å². The number of aliphatic hydroxyl groups is 2. The lowest BCUT2D eigenvalue weighted by Crippen LogP contribution is -2.44. The molecule has 0 heterocycles. The van der Waals surface area contributed by atoms with Crippen LogP contribution >= 0.6 is 0 Å². The van der Waals surface area contributed by atoms with E-state index in [0.717, 1.165) is 37.5 Å². The zero-order valence-electron chi connectivity index (χ0n) is 13.7. The Labute approximate surface area is 130 Å². The first-order valence-electron chi connectivity index (χ1n) is 7.35. The molecule has 0 saturated heterocycles. The zero-order chi connectivity index (χ0) is 16.2. The topological polar surface area (TPSA) is 68.2 Å². The predicted octanol–water partition coefficient (Wildman–Crippen LogP) is 4.29. The Hall–Kier alpha value is -0.926. The Morgan fingerprint density at radius 2 is 1.14 bits per heavy atom. The molecule has 0 bridgehead atoms. The molecule has 0 aliphatic rings. The highest BCUT2D eigenvalue weighted by atomic mass is 28.4. The number of hydrogen-bond donors (Lipinski definition) is 2. The molecule has 0 aliphatic heterocycles. The van der Waals surface area contributed by atoms with Crippen molar-refractivity contribution in [2.75, 3.05) is 13.2 Å². The third kappa shape index (κ3) is 12.5. The zero-order valence-corrected chi connectivity index (χ0v) is 15.7. The Bertz CT molecular complexity index is 286. The fraction of sp³-hybridized carbons (Fsp3) is 0.714. The van der Waals surface area contributed by atoms with Crippen molar-refractivity contribution < 1.29 is 23.8 Å². The molecule has 0 amide bonds. The second kappa shape index (κ2) is 10.8. The molecular formula is C14H30O5Si2. The van der Waals surface area contributed by atoms with Crippen LogP contribution in [0.25, 0.3) is 0 Å². The van der Waals surface area contributed by atoms with Gasteiger partial charge in [-0.05, 0) is 51.1 Å². The predicted molar refractivity (Wildman–Crippen MR) is 90.3 cm³/mol. The number of ether oxygens (including phenoxy) is 2. The first kappa shape index (κ1) is 20.1. The summed E-state index contributed by atoms with van der Waals surface area (Å²) in [6, 6.07) is 2.10. The van der Waals surface area contributed by atoms with Gasteiger partial charge < -0.3 is 23.8 Å². The van der Waals surface area contributed by atoms with Gasteiger partial charge >= 0.3 is 0 Å². The van der Waals surface area contributed by atoms with Gasteiger partial charge in [0.05, 0.1) is 13.2 Å². The van der Waals surface area contributed by atoms with Gasteiger partial charge in [-0.25, -0.2) is 0 Å². The van der Waals surface area contributed by atoms with Gasteiger partial charge in [0.25, 0.3) is 0 Å². The number of hydrogen-bond acceptors (Lipinski definition) is 5. The monoisotopic (exact) mass is 334 g/mol. The van der Waals surface area contributed by atoms with Gasteiger partial charge in [-0.15, -0.1) is 0 Å². The minimum absolute atomic E-state index is 0.611. The second-order valence-corrected chi connectivity index (χ2v) is 15.0. The molecule has 2 N–H and O–H groups in total. The van der Waals surface area contributed by atoms with Crippen LogP contribution in [0.3, 0.4) is 0 Å². The number of rotatable bonds is 12. The Balaban J connectivity index is 3.97. The molecule has 21 heavy (non-hydrogen) atoms. The van der Waals surface area contributed by atoms with Crippen LogP contribution < -0.4 is 0 Å². The van der Waals surface area contributed by atoms with Gasteiger partial charge in [-0.1, -0.05) is 0 Å². The van der Waals surface area contributed by atoms with E-state index in [0.29, 0.717) is 13.2 Å². The maximum Gasteiger partial charge on any atom is 0.173 e. The summed E-state index contributed by atoms with van der Waals surface area (Å²) in [5.74, 6) is 0. The lowest BCUT2D eigenvalue weighted by Gasteiger charge is -2.34. The molecule has 5 nitrogen and oxygen atoms in total. The standard InChI is InChI=1S/C14H30O5Si2/c1-20(2,13-5-9-17-11-7-15)19-21(3,4)14-6-10-18-12-8-16/h7-8,11-12,15-16H,5-6,9-10,13-14H2,1-4H3. The summed E-state index contributed by atoms with van der Waals surface area (Å²) < 4.78 is 16.7. The van der Waals surface area contributed by atoms with E-state index in [1.165, 1.54) is 12.5 Å². The van der Waals surface area contributed by atoms with Crippen LogP contribution in [0.4, 0.5) is 0 Å². The molecule has 0 radical (unpaired) electrons. The van der Waals surface area contributed by atoms with Crippen LogP contribution in [-0.4, -0.2) is 40.1 Å². The molecule has 0 saturated carbocycles. The number of aliphatic hydroxyl groups excluding tert-OH is 2. The van der Waals surface area contributed by atoms with Crippen LogP contribution in [-0.2, 0) is 13.6 Å². The summed E-state index contributed by atoms with van der Waals surface area (Å²) in [5, 5.41) is 16.9. The second-order valence-electron chi connectivity index (χ2n) is 6.14. The van der Waals surface area contributed by atoms with Crippen molar-refractivity contribution in [3.05, 3.63) is 25.0 Å². The molecule has 0 aromatic heterocycles. The quantitative estimate of drug-likeness (QED) is 0.317.